The van der Waals surface area contributed by atoms with E-state index in [2.05, 4.69) is 60.2 Å². The summed E-state index contributed by atoms with van der Waals surface area (Å²) < 4.78 is 0. The molecular formula is C37H68N12O10S. The molecule has 0 heterocycles. The normalized spacial score (nSPS) is 14.7. The van der Waals surface area contributed by atoms with Crippen LogP contribution < -0.4 is 59.7 Å². The summed E-state index contributed by atoms with van der Waals surface area (Å²) in [5.74, 6) is -8.62. The molecule has 0 aliphatic heterocycles. The van der Waals surface area contributed by atoms with Crippen LogP contribution in [-0.2, 0) is 43.2 Å². The highest BCUT2D eigenvalue weighted by atomic mass is 32.1. The highest BCUT2D eigenvalue weighted by molar-refractivity contribution is 7.80. The van der Waals surface area contributed by atoms with E-state index in [1.165, 1.54) is 6.92 Å². The molecule has 0 aromatic heterocycles. The topological polar surface area (TPSA) is 361 Å². The minimum Gasteiger partial charge on any atom is -0.480 e. The Kier molecular flexibility index (Phi) is 25.2. The third-order valence-electron chi connectivity index (χ3n) is 8.82. The predicted molar refractivity (Wildman–Crippen MR) is 227 cm³/mol. The minimum absolute atomic E-state index is 0.0575. The van der Waals surface area contributed by atoms with Gasteiger partial charge in [-0.15, -0.1) is 0 Å². The number of guanidine groups is 1. The number of rotatable bonds is 27. The molecule has 0 radical (unpaired) electrons. The fourth-order valence-corrected chi connectivity index (χ4v) is 5.59. The molecule has 0 fully saturated rings. The summed E-state index contributed by atoms with van der Waals surface area (Å²) >= 11 is 4.13. The molecule has 342 valence electrons. The number of thiol groups is 1. The van der Waals surface area contributed by atoms with Crippen LogP contribution in [0.2, 0.25) is 0 Å². The maximum Gasteiger partial charge on any atom is 0.326 e. The number of nitrogens with two attached hydrogens (primary N) is 3. The van der Waals surface area contributed by atoms with E-state index >= 15 is 0 Å². The molecule has 0 unspecified atom stereocenters. The molecule has 0 spiro atoms. The van der Waals surface area contributed by atoms with E-state index < -0.39 is 126 Å². The lowest BCUT2D eigenvalue weighted by Gasteiger charge is -2.27. The van der Waals surface area contributed by atoms with Gasteiger partial charge in [-0.25, -0.2) is 4.79 Å². The number of carboxylic acid groups (broad SMARTS) is 1. The monoisotopic (exact) mass is 872 g/mol. The molecule has 0 aromatic carbocycles. The Morgan fingerprint density at radius 2 is 1.08 bits per heavy atom. The molecule has 23 heteroatoms. The quantitative estimate of drug-likeness (QED) is 0.0166. The molecule has 0 aromatic rings. The van der Waals surface area contributed by atoms with Crippen LogP contribution in [0.5, 0.6) is 0 Å². The lowest BCUT2D eigenvalue weighted by atomic mass is 9.98. The van der Waals surface area contributed by atoms with Crippen molar-refractivity contribution >= 4 is 71.8 Å². The first-order valence-electron chi connectivity index (χ1n) is 19.8. The highest BCUT2D eigenvalue weighted by Gasteiger charge is 2.33. The Morgan fingerprint density at radius 3 is 1.57 bits per heavy atom. The molecule has 15 N–H and O–H groups in total. The molecule has 22 nitrogen and oxygen atoms in total. The predicted octanol–water partition coefficient (Wildman–Crippen LogP) is -3.44. The summed E-state index contributed by atoms with van der Waals surface area (Å²) in [6.07, 6.45) is 0.866. The maximum atomic E-state index is 13.3. The standard InChI is InChI=1S/C37H68N12O10S/c1-17(2)13-23(33(55)49-29(20(7)8)36(58)59)45-34(56)27(18(3)4)47-26(51)15-42-25(50)14-43-32(54)24(16-60)46-35(57)28(19(5)6)48-30(52)21(9)44-31(53)22(38)11-10-12-41-37(39)40/h17-24,27-29,60H,10-16,38H2,1-9H3,(H,42,50)(H,43,54)(H,44,53)(H,45,56)(H,46,57)(H,47,51)(H,48,52)(H,49,55)(H,58,59)(H4,39,40,41)/t21-,22-,23-,24-,27-,28-,29-/m0/s1. The van der Waals surface area contributed by atoms with E-state index in [9.17, 15) is 48.3 Å². The Labute approximate surface area is 357 Å². The van der Waals surface area contributed by atoms with Crippen LogP contribution in [-0.4, -0.2) is 132 Å². The largest absolute Gasteiger partial charge is 0.480 e. The molecule has 0 saturated heterocycles. The van der Waals surface area contributed by atoms with Crippen LogP contribution in [0.1, 0.15) is 81.6 Å². The molecule has 0 aliphatic rings. The zero-order chi connectivity index (χ0) is 46.4. The van der Waals surface area contributed by atoms with E-state index in [0.29, 0.717) is 6.42 Å². The number of nitrogens with zero attached hydrogens (tertiary/aromatic N) is 1. The van der Waals surface area contributed by atoms with Crippen LogP contribution in [0.3, 0.4) is 0 Å². The SMILES string of the molecule is CC(C)C[C@H](NC(=O)[C@@H](NC(=O)CNC(=O)CNC(=O)[C@H](CS)NC(=O)[C@@H](NC(=O)[C@H](C)NC(=O)[C@@H](N)CCCN=C(N)N)C(C)C)C(C)C)C(=O)N[C@H](C(=O)O)C(C)C. The van der Waals surface area contributed by atoms with Crippen molar-refractivity contribution in [1.29, 1.82) is 0 Å². The van der Waals surface area contributed by atoms with Crippen LogP contribution in [0.15, 0.2) is 4.99 Å². The molecule has 7 atom stereocenters. The number of hydrogen-bond donors (Lipinski definition) is 13. The molecule has 0 aliphatic carbocycles. The second kappa shape index (κ2) is 27.5. The fourth-order valence-electron chi connectivity index (χ4n) is 5.33. The summed E-state index contributed by atoms with van der Waals surface area (Å²) in [5.41, 5.74) is 16.4. The van der Waals surface area contributed by atoms with Crippen molar-refractivity contribution in [3.63, 3.8) is 0 Å². The lowest BCUT2D eigenvalue weighted by molar-refractivity contribution is -0.143. The summed E-state index contributed by atoms with van der Waals surface area (Å²) in [7, 11) is 0. The van der Waals surface area contributed by atoms with Crippen molar-refractivity contribution in [3.05, 3.63) is 0 Å². The second-order valence-corrected chi connectivity index (χ2v) is 16.2. The third-order valence-corrected chi connectivity index (χ3v) is 9.19. The Balaban J connectivity index is 5.25. The fraction of sp³-hybridized carbons (Fsp3) is 0.730. The number of nitrogens with one attached hydrogen (secondary N) is 8. The molecule has 8 amide bonds. The smallest absolute Gasteiger partial charge is 0.326 e. The zero-order valence-electron chi connectivity index (χ0n) is 36.0. The van der Waals surface area contributed by atoms with E-state index in [4.69, 9.17) is 17.2 Å². The van der Waals surface area contributed by atoms with Gasteiger partial charge in [0.25, 0.3) is 0 Å². The third kappa shape index (κ3) is 21.2. The van der Waals surface area contributed by atoms with Gasteiger partial charge in [0, 0.05) is 12.3 Å². The van der Waals surface area contributed by atoms with E-state index in [1.807, 2.05) is 13.8 Å². The Bertz CT molecular complexity index is 1520. The number of hydrogen-bond acceptors (Lipinski definition) is 12. The highest BCUT2D eigenvalue weighted by Crippen LogP contribution is 2.10. The first-order chi connectivity index (χ1) is 27.8. The van der Waals surface area contributed by atoms with Crippen molar-refractivity contribution in [2.24, 2.45) is 45.9 Å². The van der Waals surface area contributed by atoms with Crippen molar-refractivity contribution in [3.8, 4) is 0 Å². The van der Waals surface area contributed by atoms with Crippen LogP contribution >= 0.6 is 12.6 Å². The summed E-state index contributed by atoms with van der Waals surface area (Å²) in [5, 5.41) is 29.3. The van der Waals surface area contributed by atoms with Crippen LogP contribution in [0, 0.1) is 23.7 Å². The summed E-state index contributed by atoms with van der Waals surface area (Å²) in [6.45, 7) is 14.0. The zero-order valence-corrected chi connectivity index (χ0v) is 36.9. The van der Waals surface area contributed by atoms with Gasteiger partial charge in [-0.2, -0.15) is 12.6 Å². The minimum atomic E-state index is -1.24. The van der Waals surface area contributed by atoms with Crippen LogP contribution in [0.25, 0.3) is 0 Å². The van der Waals surface area contributed by atoms with Crippen molar-refractivity contribution in [1.82, 2.24) is 42.5 Å². The van der Waals surface area contributed by atoms with Crippen molar-refractivity contribution in [2.45, 2.75) is 124 Å². The van der Waals surface area contributed by atoms with E-state index in [1.54, 1.807) is 41.5 Å². The van der Waals surface area contributed by atoms with E-state index in [-0.39, 0.29) is 37.0 Å². The van der Waals surface area contributed by atoms with Gasteiger partial charge in [0.05, 0.1) is 19.1 Å². The van der Waals surface area contributed by atoms with Crippen molar-refractivity contribution < 1.29 is 48.3 Å². The summed E-state index contributed by atoms with van der Waals surface area (Å²) in [6, 6.07) is -7.78. The maximum absolute atomic E-state index is 13.3. The van der Waals surface area contributed by atoms with E-state index in [0.717, 1.165) is 0 Å². The van der Waals surface area contributed by atoms with Gasteiger partial charge in [-0.05, 0) is 49.9 Å². The van der Waals surface area contributed by atoms with Gasteiger partial charge in [0.15, 0.2) is 5.96 Å². The number of carboxylic acids is 1. The number of carbonyl (C=O) groups excluding carboxylic acids is 8. The average Bonchev–Trinajstić information content (AvgIpc) is 3.15. The van der Waals surface area contributed by atoms with Crippen molar-refractivity contribution in [2.75, 3.05) is 25.4 Å². The Hall–Kier alpha value is -5.19. The molecule has 0 bridgehead atoms. The van der Waals surface area contributed by atoms with Gasteiger partial charge >= 0.3 is 5.97 Å². The first kappa shape index (κ1) is 54.8. The number of amides is 8. The van der Waals surface area contributed by atoms with Crippen LogP contribution in [0.4, 0.5) is 0 Å². The molecule has 0 saturated carbocycles. The first-order valence-corrected chi connectivity index (χ1v) is 20.5. The average molecular weight is 873 g/mol. The molecular weight excluding hydrogens is 805 g/mol. The number of carbonyl (C=O) groups is 9. The van der Waals surface area contributed by atoms with Gasteiger partial charge < -0.3 is 64.8 Å². The molecule has 0 rings (SSSR count). The van der Waals surface area contributed by atoms with Gasteiger partial charge in [0.1, 0.15) is 36.3 Å². The molecule has 60 heavy (non-hydrogen) atoms. The van der Waals surface area contributed by atoms with Gasteiger partial charge in [-0.1, -0.05) is 55.4 Å². The Morgan fingerprint density at radius 1 is 0.583 bits per heavy atom. The lowest BCUT2D eigenvalue weighted by Crippen LogP contribution is -2.59. The van der Waals surface area contributed by atoms with Gasteiger partial charge in [-0.3, -0.25) is 43.3 Å². The summed E-state index contributed by atoms with van der Waals surface area (Å²) in [4.78, 5) is 119. The number of aliphatic carboxylic acids is 1. The second-order valence-electron chi connectivity index (χ2n) is 15.8. The number of aliphatic imine (C=N–C) groups is 1. The van der Waals surface area contributed by atoms with Gasteiger partial charge in [0.2, 0.25) is 47.3 Å².